The second-order valence-electron chi connectivity index (χ2n) is 3.98. The number of aryl methyl sites for hydroxylation is 2. The van der Waals surface area contributed by atoms with Crippen LogP contribution in [-0.4, -0.2) is 20.8 Å². The molecule has 98 valence electrons. The van der Waals surface area contributed by atoms with Crippen LogP contribution in [0.15, 0.2) is 24.5 Å². The summed E-state index contributed by atoms with van der Waals surface area (Å²) in [4.78, 5) is 12.5. The fourth-order valence-corrected chi connectivity index (χ4v) is 1.63. The first-order chi connectivity index (χ1) is 9.11. The monoisotopic (exact) mass is 257 g/mol. The van der Waals surface area contributed by atoms with Crippen LogP contribution in [0.25, 0.3) is 0 Å². The molecule has 2 aromatic rings. The lowest BCUT2D eigenvalue weighted by atomic mass is 10.2. The molecule has 2 rings (SSSR count). The molecule has 2 heterocycles. The molecule has 0 aliphatic rings. The molecule has 2 aromatic heterocycles. The van der Waals surface area contributed by atoms with Gasteiger partial charge in [-0.3, -0.25) is 10.4 Å². The molecule has 0 aromatic carbocycles. The number of rotatable bonds is 4. The normalized spacial score (nSPS) is 10.2. The van der Waals surface area contributed by atoms with Gasteiger partial charge in [0.25, 0.3) is 0 Å². The number of nitrogens with two attached hydrogens (primary N) is 1. The Hall–Kier alpha value is -2.50. The van der Waals surface area contributed by atoms with Crippen molar-refractivity contribution in [3.63, 3.8) is 0 Å². The third-order valence-electron chi connectivity index (χ3n) is 2.53. The molecule has 19 heavy (non-hydrogen) atoms. The number of nitrogen functional groups attached to an aromatic ring is 1. The van der Waals surface area contributed by atoms with Gasteiger partial charge in [0.15, 0.2) is 11.4 Å². The van der Waals surface area contributed by atoms with Gasteiger partial charge < -0.3 is 10.5 Å². The summed E-state index contributed by atoms with van der Waals surface area (Å²) in [7, 11) is 0. The van der Waals surface area contributed by atoms with Crippen molar-refractivity contribution >= 4 is 5.84 Å². The molecule has 6 heteroatoms. The van der Waals surface area contributed by atoms with Gasteiger partial charge >= 0.3 is 0 Å². The zero-order valence-electron chi connectivity index (χ0n) is 10.8. The highest BCUT2D eigenvalue weighted by Gasteiger charge is 2.12. The van der Waals surface area contributed by atoms with Crippen molar-refractivity contribution in [3.05, 3.63) is 41.6 Å². The van der Waals surface area contributed by atoms with Crippen molar-refractivity contribution in [1.82, 2.24) is 15.0 Å². The number of pyridine rings is 1. The molecular weight excluding hydrogens is 242 g/mol. The zero-order chi connectivity index (χ0) is 13.8. The molecule has 3 N–H and O–H groups in total. The number of hydrogen-bond donors (Lipinski definition) is 2. The number of aromatic nitrogens is 3. The van der Waals surface area contributed by atoms with Gasteiger partial charge in [0.05, 0.1) is 5.69 Å². The summed E-state index contributed by atoms with van der Waals surface area (Å²) in [6.45, 7) is 3.92. The first kappa shape index (κ1) is 12.9. The van der Waals surface area contributed by atoms with Gasteiger partial charge in [0.2, 0.25) is 5.88 Å². The summed E-state index contributed by atoms with van der Waals surface area (Å²) in [5, 5.41) is 7.45. The van der Waals surface area contributed by atoms with Crippen molar-refractivity contribution in [2.24, 2.45) is 5.73 Å². The van der Waals surface area contributed by atoms with E-state index in [1.807, 2.05) is 26.0 Å². The third kappa shape index (κ3) is 2.85. The topological polar surface area (TPSA) is 97.8 Å². The van der Waals surface area contributed by atoms with Crippen LogP contribution in [-0.2, 0) is 6.42 Å². The van der Waals surface area contributed by atoms with E-state index >= 15 is 0 Å². The van der Waals surface area contributed by atoms with E-state index in [9.17, 15) is 0 Å². The Morgan fingerprint density at radius 3 is 2.74 bits per heavy atom. The molecule has 0 aliphatic heterocycles. The first-order valence-electron chi connectivity index (χ1n) is 5.91. The van der Waals surface area contributed by atoms with Crippen LogP contribution in [0.5, 0.6) is 11.6 Å². The molecular formula is C13H15N5O. The van der Waals surface area contributed by atoms with Crippen molar-refractivity contribution in [1.29, 1.82) is 5.41 Å². The van der Waals surface area contributed by atoms with E-state index in [0.717, 1.165) is 17.8 Å². The molecule has 0 unspecified atom stereocenters. The van der Waals surface area contributed by atoms with Crippen LogP contribution in [0, 0.1) is 12.3 Å². The van der Waals surface area contributed by atoms with Gasteiger partial charge in [-0.05, 0) is 25.5 Å². The maximum absolute atomic E-state index is 7.45. The molecule has 0 atom stereocenters. The van der Waals surface area contributed by atoms with E-state index in [1.165, 1.54) is 12.4 Å². The minimum atomic E-state index is -0.179. The summed E-state index contributed by atoms with van der Waals surface area (Å²) < 4.78 is 5.69. The fraction of sp³-hybridized carbons (Fsp3) is 0.231. The van der Waals surface area contributed by atoms with Crippen LogP contribution in [0.2, 0.25) is 0 Å². The minimum Gasteiger partial charge on any atom is -0.435 e. The second-order valence-corrected chi connectivity index (χ2v) is 3.98. The Kier molecular flexibility index (Phi) is 3.70. The minimum absolute atomic E-state index is 0.179. The quantitative estimate of drug-likeness (QED) is 0.643. The number of amidine groups is 1. The third-order valence-corrected chi connectivity index (χ3v) is 2.53. The Labute approximate surface area is 111 Å². The van der Waals surface area contributed by atoms with Crippen molar-refractivity contribution < 1.29 is 4.74 Å². The predicted octanol–water partition coefficient (Wildman–Crippen LogP) is 1.82. The highest BCUT2D eigenvalue weighted by Crippen LogP contribution is 2.24. The van der Waals surface area contributed by atoms with E-state index < -0.39 is 0 Å². The fourth-order valence-electron chi connectivity index (χ4n) is 1.63. The molecule has 6 nitrogen and oxygen atoms in total. The largest absolute Gasteiger partial charge is 0.435 e. The molecule has 0 amide bonds. The Bertz CT molecular complexity index is 612. The van der Waals surface area contributed by atoms with E-state index in [4.69, 9.17) is 15.9 Å². The SMILES string of the molecule is CCc1nc(C)ccc1Oc1nccnc1C(=N)N. The van der Waals surface area contributed by atoms with Crippen molar-refractivity contribution in [2.75, 3.05) is 0 Å². The molecule has 0 radical (unpaired) electrons. The average molecular weight is 257 g/mol. The number of hydrogen-bond acceptors (Lipinski definition) is 5. The van der Waals surface area contributed by atoms with Gasteiger partial charge in [0.1, 0.15) is 5.84 Å². The lowest BCUT2D eigenvalue weighted by Crippen LogP contribution is -2.15. The smallest absolute Gasteiger partial charge is 0.249 e. The molecule has 0 fully saturated rings. The number of nitrogens with one attached hydrogen (secondary N) is 1. The van der Waals surface area contributed by atoms with E-state index in [-0.39, 0.29) is 17.4 Å². The lowest BCUT2D eigenvalue weighted by molar-refractivity contribution is 0.450. The lowest BCUT2D eigenvalue weighted by Gasteiger charge is -2.11. The maximum atomic E-state index is 7.45. The summed E-state index contributed by atoms with van der Waals surface area (Å²) in [6, 6.07) is 3.69. The summed E-state index contributed by atoms with van der Waals surface area (Å²) in [6.07, 6.45) is 3.71. The summed E-state index contributed by atoms with van der Waals surface area (Å²) in [5.41, 5.74) is 7.43. The molecule has 0 saturated heterocycles. The second kappa shape index (κ2) is 5.43. The van der Waals surface area contributed by atoms with Gasteiger partial charge in [-0.15, -0.1) is 0 Å². The van der Waals surface area contributed by atoms with Crippen LogP contribution >= 0.6 is 0 Å². The first-order valence-corrected chi connectivity index (χ1v) is 5.91. The Balaban J connectivity index is 2.39. The van der Waals surface area contributed by atoms with Gasteiger partial charge in [0, 0.05) is 18.1 Å². The van der Waals surface area contributed by atoms with Crippen LogP contribution in [0.4, 0.5) is 0 Å². The van der Waals surface area contributed by atoms with E-state index in [1.54, 1.807) is 0 Å². The van der Waals surface area contributed by atoms with Crippen LogP contribution in [0.1, 0.15) is 24.0 Å². The molecule has 0 saturated carbocycles. The van der Waals surface area contributed by atoms with Crippen LogP contribution in [0.3, 0.4) is 0 Å². The predicted molar refractivity (Wildman–Crippen MR) is 71.5 cm³/mol. The number of ether oxygens (including phenoxy) is 1. The van der Waals surface area contributed by atoms with Crippen LogP contribution < -0.4 is 10.5 Å². The molecule has 0 spiro atoms. The standard InChI is InChI=1S/C13H15N5O/c1-3-9-10(5-4-8(2)18-9)19-13-11(12(14)15)16-6-7-17-13/h4-7H,3H2,1-2H3,(H3,14,15). The molecule has 0 bridgehead atoms. The highest BCUT2D eigenvalue weighted by atomic mass is 16.5. The Morgan fingerprint density at radius 1 is 1.32 bits per heavy atom. The van der Waals surface area contributed by atoms with Gasteiger partial charge in [-0.25, -0.2) is 9.97 Å². The maximum Gasteiger partial charge on any atom is 0.249 e. The zero-order valence-corrected chi connectivity index (χ0v) is 10.8. The summed E-state index contributed by atoms with van der Waals surface area (Å²) >= 11 is 0. The Morgan fingerprint density at radius 2 is 2.05 bits per heavy atom. The summed E-state index contributed by atoms with van der Waals surface area (Å²) in [5.74, 6) is 0.646. The van der Waals surface area contributed by atoms with E-state index in [0.29, 0.717) is 5.75 Å². The van der Waals surface area contributed by atoms with E-state index in [2.05, 4.69) is 15.0 Å². The van der Waals surface area contributed by atoms with Crippen molar-refractivity contribution in [2.45, 2.75) is 20.3 Å². The van der Waals surface area contributed by atoms with Gasteiger partial charge in [-0.2, -0.15) is 0 Å². The number of nitrogens with zero attached hydrogens (tertiary/aromatic N) is 3. The van der Waals surface area contributed by atoms with Gasteiger partial charge in [-0.1, -0.05) is 6.92 Å². The highest BCUT2D eigenvalue weighted by molar-refractivity contribution is 5.95. The molecule has 0 aliphatic carbocycles. The average Bonchev–Trinajstić information content (AvgIpc) is 2.41. The van der Waals surface area contributed by atoms with Crippen molar-refractivity contribution in [3.8, 4) is 11.6 Å².